The average Bonchev–Trinajstić information content (AvgIpc) is 2.61. The van der Waals surface area contributed by atoms with Crippen LogP contribution in [0.1, 0.15) is 75.9 Å². The summed E-state index contributed by atoms with van der Waals surface area (Å²) in [6, 6.07) is 14.8. The first kappa shape index (κ1) is 20.9. The third-order valence-electron chi connectivity index (χ3n) is 5.54. The smallest absolute Gasteiger partial charge is 0.357 e. The molecule has 2 aromatic carbocycles. The molecule has 0 spiro atoms. The van der Waals surface area contributed by atoms with Crippen LogP contribution in [0.25, 0.3) is 0 Å². The molecule has 140 valence electrons. The molecule has 3 heteroatoms. The zero-order chi connectivity index (χ0) is 19.5. The normalized spacial score (nSPS) is 12.2. The summed E-state index contributed by atoms with van der Waals surface area (Å²) in [6.07, 6.45) is 2.09. The second kappa shape index (κ2) is 8.12. The predicted molar refractivity (Wildman–Crippen MR) is 104 cm³/mol. The van der Waals surface area contributed by atoms with Gasteiger partial charge in [0.2, 0.25) is 0 Å². The van der Waals surface area contributed by atoms with Crippen LogP contribution in [0.2, 0.25) is 0 Å². The number of hydrogen-bond donors (Lipinski definition) is 1. The van der Waals surface area contributed by atoms with Gasteiger partial charge in [-0.1, -0.05) is 53.7 Å². The summed E-state index contributed by atoms with van der Waals surface area (Å²) in [5, 5.41) is 9.50. The first-order valence-electron chi connectivity index (χ1n) is 9.23. The summed E-state index contributed by atoms with van der Waals surface area (Å²) in [7, 11) is 0. The van der Waals surface area contributed by atoms with Crippen LogP contribution in [-0.2, 0) is 10.8 Å². The molecule has 0 amide bonds. The zero-order valence-electron chi connectivity index (χ0n) is 16.7. The van der Waals surface area contributed by atoms with Gasteiger partial charge in [0.05, 0.1) is 5.56 Å². The number of carboxylic acid groups (broad SMARTS) is 1. The van der Waals surface area contributed by atoms with Crippen LogP contribution in [0.3, 0.4) is 0 Å². The third kappa shape index (κ3) is 4.87. The average molecular weight is 465 g/mol. The quantitative estimate of drug-likeness (QED) is 0.639. The molecular formula is C23H30IO2+. The molecule has 0 aliphatic heterocycles. The van der Waals surface area contributed by atoms with Gasteiger partial charge >= 0.3 is 27.2 Å². The Hall–Kier alpha value is -1.36. The maximum absolute atomic E-state index is 11.6. The van der Waals surface area contributed by atoms with Crippen LogP contribution < -0.4 is 21.2 Å². The molecule has 0 heterocycles. The Bertz CT molecular complexity index is 773. The molecule has 0 saturated heterocycles. The van der Waals surface area contributed by atoms with E-state index in [4.69, 9.17) is 0 Å². The summed E-state index contributed by atoms with van der Waals surface area (Å²) in [5.74, 6) is -0.843. The van der Waals surface area contributed by atoms with Gasteiger partial charge in [0.15, 0.2) is 7.14 Å². The highest BCUT2D eigenvalue weighted by Crippen LogP contribution is 2.27. The summed E-state index contributed by atoms with van der Waals surface area (Å²) in [4.78, 5) is 11.6. The van der Waals surface area contributed by atoms with E-state index in [1.807, 2.05) is 12.1 Å². The number of benzene rings is 2. The van der Waals surface area contributed by atoms with Crippen molar-refractivity contribution in [3.8, 4) is 0 Å². The second-order valence-electron chi connectivity index (χ2n) is 8.11. The minimum Gasteiger partial charge on any atom is -0.478 e. The molecule has 1 N–H and O–H groups in total. The van der Waals surface area contributed by atoms with Crippen LogP contribution in [0, 0.1) is 7.14 Å². The molecule has 0 atom stereocenters. The van der Waals surface area contributed by atoms with Crippen LogP contribution in [-0.4, -0.2) is 11.1 Å². The van der Waals surface area contributed by atoms with E-state index in [1.54, 1.807) is 0 Å². The van der Waals surface area contributed by atoms with Gasteiger partial charge in [0.1, 0.15) is 0 Å². The van der Waals surface area contributed by atoms with Crippen molar-refractivity contribution in [1.82, 2.24) is 0 Å². The predicted octanol–water partition coefficient (Wildman–Crippen LogP) is 2.89. The van der Waals surface area contributed by atoms with E-state index in [0.29, 0.717) is 5.56 Å². The lowest BCUT2D eigenvalue weighted by Crippen LogP contribution is -3.61. The number of halogens is 1. The summed E-state index contributed by atoms with van der Waals surface area (Å²) in [6.45, 7) is 13.3. The van der Waals surface area contributed by atoms with E-state index >= 15 is 0 Å². The molecule has 0 unspecified atom stereocenters. The third-order valence-corrected chi connectivity index (χ3v) is 8.13. The van der Waals surface area contributed by atoms with Gasteiger partial charge in [-0.2, -0.15) is 0 Å². The summed E-state index contributed by atoms with van der Waals surface area (Å²) in [5.41, 5.74) is 3.07. The molecule has 2 rings (SSSR count). The number of hydrogen-bond acceptors (Lipinski definition) is 1. The van der Waals surface area contributed by atoms with E-state index in [1.165, 1.54) is 12.7 Å². The molecule has 0 aliphatic rings. The molecule has 2 nitrogen and oxygen atoms in total. The van der Waals surface area contributed by atoms with Crippen molar-refractivity contribution in [3.05, 3.63) is 66.3 Å². The Morgan fingerprint density at radius 2 is 1.38 bits per heavy atom. The fraction of sp³-hybridized carbons (Fsp3) is 0.435. The Morgan fingerprint density at radius 1 is 0.846 bits per heavy atom. The van der Waals surface area contributed by atoms with Gasteiger partial charge < -0.3 is 5.11 Å². The first-order valence-corrected chi connectivity index (χ1v) is 11.4. The van der Waals surface area contributed by atoms with Crippen molar-refractivity contribution in [2.75, 3.05) is 0 Å². The highest BCUT2D eigenvalue weighted by atomic mass is 127. The Kier molecular flexibility index (Phi) is 6.54. The maximum atomic E-state index is 11.6. The largest absolute Gasteiger partial charge is 0.478 e. The van der Waals surface area contributed by atoms with Gasteiger partial charge in [-0.05, 0) is 59.1 Å². The van der Waals surface area contributed by atoms with Gasteiger partial charge in [-0.15, -0.1) is 0 Å². The van der Waals surface area contributed by atoms with Crippen molar-refractivity contribution >= 4 is 5.97 Å². The van der Waals surface area contributed by atoms with Crippen molar-refractivity contribution in [1.29, 1.82) is 0 Å². The van der Waals surface area contributed by atoms with Crippen LogP contribution in [0.15, 0.2) is 42.5 Å². The van der Waals surface area contributed by atoms with Gasteiger partial charge in [0.25, 0.3) is 0 Å². The van der Waals surface area contributed by atoms with E-state index in [0.717, 1.165) is 18.4 Å². The lowest BCUT2D eigenvalue weighted by atomic mass is 9.82. The van der Waals surface area contributed by atoms with Crippen molar-refractivity contribution in [2.24, 2.45) is 0 Å². The van der Waals surface area contributed by atoms with Crippen molar-refractivity contribution in [2.45, 2.75) is 65.2 Å². The summed E-state index contributed by atoms with van der Waals surface area (Å²) >= 11 is -0.401. The standard InChI is InChI=1S/C23H29IO2/c1-7-22(3,4)17-9-11-19(12-10-17)24-20-14-16(21(25)26)13-18(15-20)23(5,6)8-2/h9-15H,7-8H2,1-6H3/p+1. The van der Waals surface area contributed by atoms with Crippen LogP contribution >= 0.6 is 0 Å². The van der Waals surface area contributed by atoms with E-state index < -0.39 is 27.2 Å². The highest BCUT2D eigenvalue weighted by Gasteiger charge is 2.26. The minimum absolute atomic E-state index is 0.0149. The Morgan fingerprint density at radius 3 is 1.88 bits per heavy atom. The molecule has 0 saturated carbocycles. The van der Waals surface area contributed by atoms with Gasteiger partial charge in [0, 0.05) is 6.07 Å². The van der Waals surface area contributed by atoms with Crippen LogP contribution in [0.5, 0.6) is 0 Å². The lowest BCUT2D eigenvalue weighted by molar-refractivity contribution is -0.597. The Labute approximate surface area is 168 Å². The van der Waals surface area contributed by atoms with Crippen molar-refractivity contribution < 1.29 is 31.1 Å². The second-order valence-corrected chi connectivity index (χ2v) is 11.1. The fourth-order valence-electron chi connectivity index (χ4n) is 2.66. The number of rotatable bonds is 7. The van der Waals surface area contributed by atoms with E-state index in [-0.39, 0.29) is 10.8 Å². The number of carbonyl (C=O) groups is 1. The molecule has 26 heavy (non-hydrogen) atoms. The highest BCUT2D eigenvalue weighted by molar-refractivity contribution is 5.87. The number of carboxylic acids is 1. The number of aromatic carboxylic acids is 1. The minimum atomic E-state index is -0.843. The summed E-state index contributed by atoms with van der Waals surface area (Å²) < 4.78 is 2.49. The van der Waals surface area contributed by atoms with E-state index in [2.05, 4.69) is 71.9 Å². The van der Waals surface area contributed by atoms with Gasteiger partial charge in [-0.25, -0.2) is 4.79 Å². The van der Waals surface area contributed by atoms with E-state index in [9.17, 15) is 9.90 Å². The molecule has 0 aliphatic carbocycles. The Balaban J connectivity index is 2.35. The molecular weight excluding hydrogens is 435 g/mol. The molecule has 0 fully saturated rings. The first-order chi connectivity index (χ1) is 12.1. The molecule has 0 radical (unpaired) electrons. The SMILES string of the molecule is CCC(C)(C)c1ccc([I+]c2cc(C(=O)O)cc(C(C)(C)CC)c2)cc1. The molecule has 2 aromatic rings. The molecule has 0 bridgehead atoms. The monoisotopic (exact) mass is 465 g/mol. The zero-order valence-corrected chi connectivity index (χ0v) is 18.8. The fourth-order valence-corrected chi connectivity index (χ4v) is 5.08. The lowest BCUT2D eigenvalue weighted by Gasteiger charge is -2.23. The van der Waals surface area contributed by atoms with Crippen LogP contribution in [0.4, 0.5) is 0 Å². The van der Waals surface area contributed by atoms with Gasteiger partial charge in [-0.3, -0.25) is 0 Å². The maximum Gasteiger partial charge on any atom is 0.357 e. The molecule has 0 aromatic heterocycles. The van der Waals surface area contributed by atoms with Crippen molar-refractivity contribution in [3.63, 3.8) is 0 Å². The topological polar surface area (TPSA) is 37.3 Å².